The molecule has 2 atom stereocenters. The molecule has 1 aliphatic rings. The Labute approximate surface area is 205 Å². The van der Waals surface area contributed by atoms with Crippen LogP contribution in [0.25, 0.3) is 33.7 Å². The molecule has 1 saturated heterocycles. The Balaban J connectivity index is 1.51. The van der Waals surface area contributed by atoms with Crippen molar-refractivity contribution in [3.05, 3.63) is 58.4 Å². The lowest BCUT2D eigenvalue weighted by molar-refractivity contribution is -0.118. The summed E-state index contributed by atoms with van der Waals surface area (Å²) in [4.78, 5) is 43.4. The SMILES string of the molecule is CCOc1cc(-c2cccc(CC3SC(=O)NC3=O)c2)ccc1-c1nc2c(nnn2PC)c(=O)[nH]1. The molecular formula is C23H21N6O4PS. The van der Waals surface area contributed by atoms with Crippen LogP contribution in [-0.4, -0.2) is 54.4 Å². The van der Waals surface area contributed by atoms with Crippen LogP contribution < -0.4 is 15.6 Å². The fourth-order valence-corrected chi connectivity index (χ4v) is 5.26. The van der Waals surface area contributed by atoms with E-state index in [1.807, 2.05) is 56.1 Å². The van der Waals surface area contributed by atoms with Gasteiger partial charge < -0.3 is 9.72 Å². The van der Waals surface area contributed by atoms with E-state index in [0.29, 0.717) is 35.8 Å². The van der Waals surface area contributed by atoms with E-state index in [4.69, 9.17) is 4.74 Å². The number of carbonyl (C=O) groups excluding carboxylic acids is 2. The van der Waals surface area contributed by atoms with E-state index < -0.39 is 5.25 Å². The Morgan fingerprint density at radius 1 is 1.14 bits per heavy atom. The number of H-pyrrole nitrogens is 1. The number of nitrogens with one attached hydrogen (secondary N) is 2. The van der Waals surface area contributed by atoms with Gasteiger partial charge >= 0.3 is 0 Å². The number of imide groups is 1. The van der Waals surface area contributed by atoms with Gasteiger partial charge in [-0.05, 0) is 48.8 Å². The fraction of sp³-hybridized carbons (Fsp3) is 0.217. The molecule has 2 aromatic carbocycles. The van der Waals surface area contributed by atoms with Gasteiger partial charge in [0.25, 0.3) is 10.8 Å². The van der Waals surface area contributed by atoms with E-state index in [-0.39, 0.29) is 31.0 Å². The minimum Gasteiger partial charge on any atom is -0.493 e. The maximum atomic E-state index is 12.6. The zero-order valence-electron chi connectivity index (χ0n) is 18.9. The number of benzene rings is 2. The normalized spacial score (nSPS) is 15.9. The van der Waals surface area contributed by atoms with Gasteiger partial charge in [-0.2, -0.15) is 0 Å². The van der Waals surface area contributed by atoms with Crippen molar-refractivity contribution < 1.29 is 14.3 Å². The number of aromatic amines is 1. The Morgan fingerprint density at radius 2 is 1.97 bits per heavy atom. The van der Waals surface area contributed by atoms with Crippen LogP contribution in [-0.2, 0) is 11.2 Å². The predicted octanol–water partition coefficient (Wildman–Crippen LogP) is 3.21. The van der Waals surface area contributed by atoms with Crippen LogP contribution in [0, 0.1) is 0 Å². The molecule has 1 aliphatic heterocycles. The van der Waals surface area contributed by atoms with Gasteiger partial charge in [-0.15, -0.1) is 5.10 Å². The van der Waals surface area contributed by atoms with Crippen molar-refractivity contribution in [3.63, 3.8) is 0 Å². The van der Waals surface area contributed by atoms with Crippen LogP contribution in [0.1, 0.15) is 12.5 Å². The maximum Gasteiger partial charge on any atom is 0.286 e. The number of hydrogen-bond donors (Lipinski definition) is 2. The van der Waals surface area contributed by atoms with Crippen LogP contribution in [0.15, 0.2) is 47.3 Å². The minimum atomic E-state index is -0.427. The van der Waals surface area contributed by atoms with Crippen molar-refractivity contribution in [3.8, 4) is 28.3 Å². The van der Waals surface area contributed by atoms with Crippen LogP contribution >= 0.6 is 20.5 Å². The number of fused-ring (bicyclic) bond motifs is 1. The molecule has 5 rings (SSSR count). The molecule has 2 aromatic heterocycles. The van der Waals surface area contributed by atoms with E-state index in [0.717, 1.165) is 28.5 Å². The topological polar surface area (TPSA) is 132 Å². The van der Waals surface area contributed by atoms with Crippen LogP contribution in [0.2, 0.25) is 0 Å². The van der Waals surface area contributed by atoms with Crippen molar-refractivity contribution in [2.75, 3.05) is 13.3 Å². The van der Waals surface area contributed by atoms with Crippen LogP contribution in [0.3, 0.4) is 0 Å². The molecule has 12 heteroatoms. The Morgan fingerprint density at radius 3 is 2.71 bits per heavy atom. The molecule has 0 bridgehead atoms. The molecule has 0 saturated carbocycles. The van der Waals surface area contributed by atoms with E-state index in [1.165, 1.54) is 0 Å². The molecule has 3 heterocycles. The molecule has 178 valence electrons. The number of aromatic nitrogens is 5. The first kappa shape index (κ1) is 23.2. The van der Waals surface area contributed by atoms with Gasteiger partial charge in [-0.25, -0.2) is 9.44 Å². The lowest BCUT2D eigenvalue weighted by Crippen LogP contribution is -2.25. The summed E-state index contributed by atoms with van der Waals surface area (Å²) in [6.07, 6.45) is 0.456. The van der Waals surface area contributed by atoms with Gasteiger partial charge in [-0.1, -0.05) is 47.3 Å². The van der Waals surface area contributed by atoms with Gasteiger partial charge in [0.1, 0.15) is 11.6 Å². The highest BCUT2D eigenvalue weighted by atomic mass is 32.2. The molecule has 10 nitrogen and oxygen atoms in total. The van der Waals surface area contributed by atoms with Gasteiger partial charge in [-0.3, -0.25) is 19.7 Å². The number of carbonyl (C=O) groups is 2. The van der Waals surface area contributed by atoms with Crippen molar-refractivity contribution in [1.82, 2.24) is 30.0 Å². The molecule has 1 fully saturated rings. The summed E-state index contributed by atoms with van der Waals surface area (Å²) in [5.74, 6) is 0.696. The summed E-state index contributed by atoms with van der Waals surface area (Å²) >= 11 is 1.02. The van der Waals surface area contributed by atoms with Gasteiger partial charge in [0.05, 0.1) is 17.4 Å². The third-order valence-electron chi connectivity index (χ3n) is 5.51. The lowest BCUT2D eigenvalue weighted by Gasteiger charge is -2.13. The molecule has 2 N–H and O–H groups in total. The van der Waals surface area contributed by atoms with Gasteiger partial charge in [0.2, 0.25) is 5.91 Å². The molecule has 0 aliphatic carbocycles. The van der Waals surface area contributed by atoms with Gasteiger partial charge in [0.15, 0.2) is 11.2 Å². The van der Waals surface area contributed by atoms with E-state index in [9.17, 15) is 14.4 Å². The molecule has 0 spiro atoms. The van der Waals surface area contributed by atoms with Crippen molar-refractivity contribution in [1.29, 1.82) is 0 Å². The molecule has 0 radical (unpaired) electrons. The van der Waals surface area contributed by atoms with Crippen LogP contribution in [0.4, 0.5) is 4.79 Å². The van der Waals surface area contributed by atoms with Gasteiger partial charge in [0, 0.05) is 8.73 Å². The standard InChI is InChI=1S/C23H21N6O4PS/c1-3-33-16-11-14(13-6-4-5-12(9-13)10-17-21(30)26-23(32)35-17)7-8-15(16)19-24-20-18(22(31)25-19)27-28-29(20)34-2/h4-9,11,17,34H,3,10H2,1-2H3,(H,24,25,31)(H,26,30,32). The number of hydrogen-bond acceptors (Lipinski definition) is 8. The smallest absolute Gasteiger partial charge is 0.286 e. The summed E-state index contributed by atoms with van der Waals surface area (Å²) in [7, 11) is 0.284. The van der Waals surface area contributed by atoms with E-state index >= 15 is 0 Å². The van der Waals surface area contributed by atoms with E-state index in [2.05, 4.69) is 25.6 Å². The first-order valence-electron chi connectivity index (χ1n) is 10.9. The second-order valence-corrected chi connectivity index (χ2v) is 9.79. The second-order valence-electron chi connectivity index (χ2n) is 7.74. The third kappa shape index (κ3) is 4.56. The highest BCUT2D eigenvalue weighted by Gasteiger charge is 2.31. The summed E-state index contributed by atoms with van der Waals surface area (Å²) in [5, 5.41) is 9.51. The Kier molecular flexibility index (Phi) is 6.36. The largest absolute Gasteiger partial charge is 0.493 e. The first-order chi connectivity index (χ1) is 17.0. The monoisotopic (exact) mass is 508 g/mol. The Hall–Kier alpha value is -3.56. The molecule has 4 aromatic rings. The van der Waals surface area contributed by atoms with E-state index in [1.54, 1.807) is 4.45 Å². The lowest BCUT2D eigenvalue weighted by atomic mass is 9.99. The first-order valence-corrected chi connectivity index (χ1v) is 13.2. The average molecular weight is 509 g/mol. The predicted molar refractivity (Wildman–Crippen MR) is 136 cm³/mol. The maximum absolute atomic E-state index is 12.6. The Bertz CT molecular complexity index is 1520. The van der Waals surface area contributed by atoms with Crippen molar-refractivity contribution >= 4 is 42.8 Å². The summed E-state index contributed by atoms with van der Waals surface area (Å²) in [6, 6.07) is 13.5. The minimum absolute atomic E-state index is 0.199. The summed E-state index contributed by atoms with van der Waals surface area (Å²) in [5.41, 5.74) is 3.71. The highest BCUT2D eigenvalue weighted by molar-refractivity contribution is 8.15. The molecular weight excluding hydrogens is 487 g/mol. The highest BCUT2D eigenvalue weighted by Crippen LogP contribution is 2.34. The van der Waals surface area contributed by atoms with Crippen molar-refractivity contribution in [2.24, 2.45) is 0 Å². The number of thioether (sulfide) groups is 1. The molecule has 35 heavy (non-hydrogen) atoms. The quantitative estimate of drug-likeness (QED) is 0.364. The molecule has 2 amide bonds. The fourth-order valence-electron chi connectivity index (χ4n) is 3.89. The summed E-state index contributed by atoms with van der Waals surface area (Å²) in [6.45, 7) is 4.25. The number of rotatable bonds is 7. The summed E-state index contributed by atoms with van der Waals surface area (Å²) < 4.78 is 7.52. The second kappa shape index (κ2) is 9.59. The number of ether oxygens (including phenoxy) is 1. The zero-order chi connectivity index (χ0) is 24.5. The average Bonchev–Trinajstić information content (AvgIpc) is 3.41. The number of nitrogens with zero attached hydrogens (tertiary/aromatic N) is 4. The zero-order valence-corrected chi connectivity index (χ0v) is 20.7. The molecule has 2 unspecified atom stereocenters. The number of amides is 2. The third-order valence-corrected chi connectivity index (χ3v) is 7.21. The van der Waals surface area contributed by atoms with Crippen LogP contribution in [0.5, 0.6) is 5.75 Å². The van der Waals surface area contributed by atoms with Crippen molar-refractivity contribution in [2.45, 2.75) is 18.6 Å².